The summed E-state index contributed by atoms with van der Waals surface area (Å²) in [5, 5.41) is 14.3. The van der Waals surface area contributed by atoms with Gasteiger partial charge in [-0.25, -0.2) is 0 Å². The van der Waals surface area contributed by atoms with Crippen molar-refractivity contribution in [3.05, 3.63) is 57.1 Å². The summed E-state index contributed by atoms with van der Waals surface area (Å²) in [5.74, 6) is 0.606. The molecule has 0 atom stereocenters. The number of nitro benzene ring substituents is 1. The molecule has 25 heavy (non-hydrogen) atoms. The maximum atomic E-state index is 12.3. The smallest absolute Gasteiger partial charge is 0.296 e. The lowest BCUT2D eigenvalue weighted by molar-refractivity contribution is -0.384. The minimum atomic E-state index is -0.528. The van der Waals surface area contributed by atoms with Gasteiger partial charge in [-0.2, -0.15) is 0 Å². The van der Waals surface area contributed by atoms with Gasteiger partial charge in [0.2, 0.25) is 0 Å². The lowest BCUT2D eigenvalue weighted by Gasteiger charge is -2.09. The van der Waals surface area contributed by atoms with Crippen molar-refractivity contribution in [1.29, 1.82) is 0 Å². The molecule has 0 amide bonds. The maximum absolute atomic E-state index is 12.3. The number of carbonyl (C=O) groups excluding carboxylic acids is 1. The summed E-state index contributed by atoms with van der Waals surface area (Å²) in [7, 11) is 1.48. The summed E-state index contributed by atoms with van der Waals surface area (Å²) in [5.41, 5.74) is 0.458. The number of ketones is 1. The normalized spacial score (nSPS) is 10.2. The van der Waals surface area contributed by atoms with Crippen LogP contribution < -0.4 is 14.8 Å². The van der Waals surface area contributed by atoms with Gasteiger partial charge in [0.25, 0.3) is 5.69 Å². The highest BCUT2D eigenvalue weighted by Crippen LogP contribution is 2.29. The van der Waals surface area contributed by atoms with Gasteiger partial charge in [-0.05, 0) is 37.3 Å². The van der Waals surface area contributed by atoms with Gasteiger partial charge < -0.3 is 14.8 Å². The van der Waals surface area contributed by atoms with Gasteiger partial charge in [0, 0.05) is 5.56 Å². The number of nitro groups is 1. The highest BCUT2D eigenvalue weighted by Gasteiger charge is 2.17. The molecule has 0 unspecified atom stereocenters. The molecule has 0 saturated heterocycles. The Hall–Kier alpha value is -2.80. The van der Waals surface area contributed by atoms with Crippen LogP contribution in [0.25, 0.3) is 0 Å². The van der Waals surface area contributed by atoms with Crippen LogP contribution >= 0.6 is 11.6 Å². The number of anilines is 1. The van der Waals surface area contributed by atoms with Crippen molar-refractivity contribution in [2.24, 2.45) is 0 Å². The van der Waals surface area contributed by atoms with Crippen LogP contribution in [-0.4, -0.2) is 31.0 Å². The number of hydrogen-bond donors (Lipinski definition) is 1. The van der Waals surface area contributed by atoms with Crippen molar-refractivity contribution < 1.29 is 19.2 Å². The topological polar surface area (TPSA) is 90.7 Å². The van der Waals surface area contributed by atoms with Crippen molar-refractivity contribution >= 4 is 28.8 Å². The van der Waals surface area contributed by atoms with Crippen LogP contribution in [0.5, 0.6) is 11.5 Å². The van der Waals surface area contributed by atoms with Crippen LogP contribution in [0.15, 0.2) is 36.4 Å². The number of hydrogen-bond acceptors (Lipinski definition) is 6. The maximum Gasteiger partial charge on any atom is 0.296 e. The number of nitrogens with zero attached hydrogens (tertiary/aromatic N) is 1. The summed E-state index contributed by atoms with van der Waals surface area (Å²) < 4.78 is 10.3. The van der Waals surface area contributed by atoms with E-state index in [9.17, 15) is 14.9 Å². The first-order chi connectivity index (χ1) is 12.0. The molecule has 2 aromatic carbocycles. The molecule has 8 heteroatoms. The Balaban J connectivity index is 2.13. The minimum absolute atomic E-state index is 0.114. The Morgan fingerprint density at radius 1 is 1.28 bits per heavy atom. The molecular weight excluding hydrogens is 348 g/mol. The van der Waals surface area contributed by atoms with E-state index in [0.717, 1.165) is 0 Å². The summed E-state index contributed by atoms with van der Waals surface area (Å²) in [6.07, 6.45) is 0. The van der Waals surface area contributed by atoms with E-state index in [2.05, 4.69) is 5.32 Å². The molecule has 2 rings (SSSR count). The fourth-order valence-electron chi connectivity index (χ4n) is 2.19. The lowest BCUT2D eigenvalue weighted by atomic mass is 10.1. The van der Waals surface area contributed by atoms with Crippen LogP contribution in [0.2, 0.25) is 5.02 Å². The van der Waals surface area contributed by atoms with Crippen LogP contribution in [0.1, 0.15) is 17.3 Å². The van der Waals surface area contributed by atoms with Crippen LogP contribution in [0.3, 0.4) is 0 Å². The largest absolute Gasteiger partial charge is 0.495 e. The lowest BCUT2D eigenvalue weighted by Crippen LogP contribution is -2.15. The number of rotatable bonds is 8. The Bertz CT molecular complexity index is 795. The standard InChI is InChI=1S/C17H17ClN2O5/c1-3-25-12-5-6-14(15(9-12)20(22)23)19-10-16(21)11-4-7-17(24-2)13(18)8-11/h4-9,19H,3,10H2,1-2H3. The second-order valence-electron chi connectivity index (χ2n) is 5.00. The summed E-state index contributed by atoms with van der Waals surface area (Å²) in [6, 6.07) is 9.11. The number of ether oxygens (including phenoxy) is 2. The van der Waals surface area contributed by atoms with Gasteiger partial charge >= 0.3 is 0 Å². The van der Waals surface area contributed by atoms with E-state index in [1.54, 1.807) is 25.1 Å². The number of nitrogens with one attached hydrogen (secondary N) is 1. The Morgan fingerprint density at radius 2 is 2.04 bits per heavy atom. The monoisotopic (exact) mass is 364 g/mol. The second-order valence-corrected chi connectivity index (χ2v) is 5.40. The fourth-order valence-corrected chi connectivity index (χ4v) is 2.44. The van der Waals surface area contributed by atoms with Crippen molar-refractivity contribution in [2.75, 3.05) is 25.6 Å². The third kappa shape index (κ3) is 4.60. The zero-order chi connectivity index (χ0) is 18.4. The number of methoxy groups -OCH3 is 1. The molecule has 0 aromatic heterocycles. The SMILES string of the molecule is CCOc1ccc(NCC(=O)c2ccc(OC)c(Cl)c2)c([N+](=O)[O-])c1. The molecule has 0 heterocycles. The van der Waals surface area contributed by atoms with Crippen LogP contribution in [0.4, 0.5) is 11.4 Å². The van der Waals surface area contributed by atoms with Gasteiger partial charge in [0.15, 0.2) is 5.78 Å². The van der Waals surface area contributed by atoms with Gasteiger partial charge in [0.05, 0.1) is 36.3 Å². The van der Waals surface area contributed by atoms with Gasteiger partial charge in [-0.15, -0.1) is 0 Å². The molecule has 0 aliphatic rings. The van der Waals surface area contributed by atoms with Crippen molar-refractivity contribution in [2.45, 2.75) is 6.92 Å². The molecule has 2 aromatic rings. The molecule has 0 radical (unpaired) electrons. The Kier molecular flexibility index (Phi) is 6.19. The minimum Gasteiger partial charge on any atom is -0.495 e. The number of halogens is 1. The van der Waals surface area contributed by atoms with Gasteiger partial charge in [-0.3, -0.25) is 14.9 Å². The molecule has 0 aliphatic carbocycles. The average molecular weight is 365 g/mol. The highest BCUT2D eigenvalue weighted by atomic mass is 35.5. The fraction of sp³-hybridized carbons (Fsp3) is 0.235. The molecule has 7 nitrogen and oxygen atoms in total. The van der Waals surface area contributed by atoms with Crippen LogP contribution in [0, 0.1) is 10.1 Å². The van der Waals surface area contributed by atoms with Crippen molar-refractivity contribution in [1.82, 2.24) is 0 Å². The zero-order valence-corrected chi connectivity index (χ0v) is 14.5. The van der Waals surface area contributed by atoms with E-state index in [1.165, 1.54) is 25.3 Å². The van der Waals surface area contributed by atoms with E-state index < -0.39 is 4.92 Å². The first-order valence-electron chi connectivity index (χ1n) is 7.48. The molecule has 1 N–H and O–H groups in total. The summed E-state index contributed by atoms with van der Waals surface area (Å²) in [6.45, 7) is 2.08. The third-order valence-electron chi connectivity index (χ3n) is 3.39. The van der Waals surface area contributed by atoms with E-state index >= 15 is 0 Å². The molecule has 0 fully saturated rings. The predicted molar refractivity (Wildman–Crippen MR) is 95.1 cm³/mol. The number of benzene rings is 2. The van der Waals surface area contributed by atoms with E-state index in [-0.39, 0.29) is 23.7 Å². The van der Waals surface area contributed by atoms with Gasteiger partial charge in [-0.1, -0.05) is 11.6 Å². The molecule has 0 aliphatic heterocycles. The summed E-state index contributed by atoms with van der Waals surface area (Å²) >= 11 is 6.00. The second kappa shape index (κ2) is 8.34. The van der Waals surface area contributed by atoms with E-state index in [1.807, 2.05) is 0 Å². The van der Waals surface area contributed by atoms with Crippen molar-refractivity contribution in [3.8, 4) is 11.5 Å². The van der Waals surface area contributed by atoms with Crippen molar-refractivity contribution in [3.63, 3.8) is 0 Å². The highest BCUT2D eigenvalue weighted by molar-refractivity contribution is 6.32. The van der Waals surface area contributed by atoms with E-state index in [4.69, 9.17) is 21.1 Å². The average Bonchev–Trinajstić information content (AvgIpc) is 2.60. The number of carbonyl (C=O) groups is 1. The first kappa shape index (κ1) is 18.5. The number of Topliss-reactive ketones (excluding diaryl/α,β-unsaturated/α-hetero) is 1. The Morgan fingerprint density at radius 3 is 2.64 bits per heavy atom. The van der Waals surface area contributed by atoms with Gasteiger partial charge in [0.1, 0.15) is 17.2 Å². The Labute approximate surface area is 149 Å². The zero-order valence-electron chi connectivity index (χ0n) is 13.7. The molecular formula is C17H17ClN2O5. The third-order valence-corrected chi connectivity index (χ3v) is 3.69. The molecule has 0 saturated carbocycles. The first-order valence-corrected chi connectivity index (χ1v) is 7.86. The van der Waals surface area contributed by atoms with Crippen LogP contribution in [-0.2, 0) is 0 Å². The summed E-state index contributed by atoms with van der Waals surface area (Å²) in [4.78, 5) is 22.9. The molecule has 0 bridgehead atoms. The predicted octanol–water partition coefficient (Wildman–Crippen LogP) is 3.95. The van der Waals surface area contributed by atoms with E-state index in [0.29, 0.717) is 28.7 Å². The molecule has 132 valence electrons. The molecule has 0 spiro atoms. The quantitative estimate of drug-likeness (QED) is 0.433.